The molecule has 1 unspecified atom stereocenters. The first-order chi connectivity index (χ1) is 9.88. The van der Waals surface area contributed by atoms with Crippen LogP contribution in [0.25, 0.3) is 0 Å². The number of hydrogen-bond donors (Lipinski definition) is 1. The molecule has 6 heteroatoms. The van der Waals surface area contributed by atoms with E-state index >= 15 is 0 Å². The first-order valence-electron chi connectivity index (χ1n) is 6.80. The van der Waals surface area contributed by atoms with Crippen LogP contribution in [0.15, 0.2) is 34.9 Å². The van der Waals surface area contributed by atoms with E-state index in [2.05, 4.69) is 15.0 Å². The molecule has 0 spiro atoms. The molecule has 2 aromatic rings. The van der Waals surface area contributed by atoms with Crippen LogP contribution in [0, 0.1) is 0 Å². The lowest BCUT2D eigenvalue weighted by atomic mass is 9.99. The number of nitrogens with two attached hydrogens (primary N) is 1. The van der Waals surface area contributed by atoms with Gasteiger partial charge in [0.2, 0.25) is 5.89 Å². The van der Waals surface area contributed by atoms with E-state index in [1.165, 1.54) is 0 Å². The van der Waals surface area contributed by atoms with Gasteiger partial charge in [-0.1, -0.05) is 30.3 Å². The quantitative estimate of drug-likeness (QED) is 0.896. The number of benzene rings is 1. The molecule has 6 nitrogen and oxygen atoms in total. The topological polar surface area (TPSA) is 77.4 Å². The minimum absolute atomic E-state index is 0.0570. The van der Waals surface area contributed by atoms with Crippen molar-refractivity contribution in [2.75, 3.05) is 37.7 Å². The van der Waals surface area contributed by atoms with Crippen LogP contribution in [-0.4, -0.2) is 43.0 Å². The molecular weight excluding hydrogens is 256 g/mol. The summed E-state index contributed by atoms with van der Waals surface area (Å²) in [6.07, 6.45) is 0. The lowest BCUT2D eigenvalue weighted by molar-refractivity contribution is 0.121. The number of ether oxygens (including phenoxy) is 1. The molecule has 1 aliphatic heterocycles. The molecule has 1 aromatic heterocycles. The normalized spacial score (nSPS) is 17.1. The van der Waals surface area contributed by atoms with Crippen LogP contribution >= 0.6 is 0 Å². The molecule has 106 valence electrons. The molecular formula is C14H18N4O2. The zero-order valence-corrected chi connectivity index (χ0v) is 11.2. The van der Waals surface area contributed by atoms with Crippen LogP contribution in [0.3, 0.4) is 0 Å². The molecule has 2 heterocycles. The summed E-state index contributed by atoms with van der Waals surface area (Å²) < 4.78 is 10.7. The van der Waals surface area contributed by atoms with Gasteiger partial charge in [0.15, 0.2) is 0 Å². The van der Waals surface area contributed by atoms with Gasteiger partial charge in [-0.05, 0) is 10.7 Å². The highest BCUT2D eigenvalue weighted by molar-refractivity contribution is 5.31. The van der Waals surface area contributed by atoms with Gasteiger partial charge in [0.05, 0.1) is 19.1 Å². The predicted octanol–water partition coefficient (Wildman–Crippen LogP) is 0.997. The lowest BCUT2D eigenvalue weighted by Crippen LogP contribution is -2.36. The van der Waals surface area contributed by atoms with Crippen LogP contribution in [0.1, 0.15) is 17.4 Å². The standard InChI is InChI=1S/C14H18N4O2/c15-10-12(11-4-2-1-3-5-11)13-16-14(17-20-13)18-6-8-19-9-7-18/h1-5,12H,6-10,15H2. The van der Waals surface area contributed by atoms with E-state index in [0.717, 1.165) is 18.7 Å². The van der Waals surface area contributed by atoms with Gasteiger partial charge >= 0.3 is 0 Å². The predicted molar refractivity (Wildman–Crippen MR) is 74.7 cm³/mol. The minimum Gasteiger partial charge on any atom is -0.378 e. The average Bonchev–Trinajstić information content (AvgIpc) is 3.00. The second kappa shape index (κ2) is 6.02. The first kappa shape index (κ1) is 13.1. The van der Waals surface area contributed by atoms with Gasteiger partial charge in [-0.2, -0.15) is 4.98 Å². The highest BCUT2D eigenvalue weighted by atomic mass is 16.5. The van der Waals surface area contributed by atoms with Gasteiger partial charge in [0.25, 0.3) is 5.95 Å². The van der Waals surface area contributed by atoms with E-state index in [0.29, 0.717) is 31.6 Å². The van der Waals surface area contributed by atoms with Crippen molar-refractivity contribution >= 4 is 5.95 Å². The van der Waals surface area contributed by atoms with Crippen molar-refractivity contribution in [1.82, 2.24) is 10.1 Å². The monoisotopic (exact) mass is 274 g/mol. The van der Waals surface area contributed by atoms with Crippen LogP contribution in [0.4, 0.5) is 5.95 Å². The van der Waals surface area contributed by atoms with Crippen LogP contribution in [0.5, 0.6) is 0 Å². The van der Waals surface area contributed by atoms with Crippen molar-refractivity contribution in [2.24, 2.45) is 5.73 Å². The second-order valence-electron chi connectivity index (χ2n) is 4.73. The van der Waals surface area contributed by atoms with Gasteiger partial charge in [-0.25, -0.2) is 0 Å². The summed E-state index contributed by atoms with van der Waals surface area (Å²) in [5.74, 6) is 1.14. The smallest absolute Gasteiger partial charge is 0.266 e. The largest absolute Gasteiger partial charge is 0.378 e. The van der Waals surface area contributed by atoms with Crippen molar-refractivity contribution in [3.63, 3.8) is 0 Å². The summed E-state index contributed by atoms with van der Waals surface area (Å²) in [6.45, 7) is 3.41. The SMILES string of the molecule is NCC(c1ccccc1)c1nc(N2CCOCC2)no1. The molecule has 1 atom stereocenters. The molecule has 0 bridgehead atoms. The van der Waals surface area contributed by atoms with Gasteiger partial charge in [-0.3, -0.25) is 0 Å². The Morgan fingerprint density at radius 1 is 1.20 bits per heavy atom. The van der Waals surface area contributed by atoms with E-state index < -0.39 is 0 Å². The zero-order valence-electron chi connectivity index (χ0n) is 11.2. The Morgan fingerprint density at radius 3 is 2.65 bits per heavy atom. The summed E-state index contributed by atoms with van der Waals surface area (Å²) in [4.78, 5) is 6.56. The molecule has 2 N–H and O–H groups in total. The summed E-state index contributed by atoms with van der Waals surface area (Å²) in [5.41, 5.74) is 6.95. The highest BCUT2D eigenvalue weighted by Gasteiger charge is 2.22. The Kier molecular flexibility index (Phi) is 3.94. The minimum atomic E-state index is -0.0570. The molecule has 0 radical (unpaired) electrons. The van der Waals surface area contributed by atoms with Crippen LogP contribution in [-0.2, 0) is 4.74 Å². The Morgan fingerprint density at radius 2 is 1.95 bits per heavy atom. The average molecular weight is 274 g/mol. The van der Waals surface area contributed by atoms with Gasteiger partial charge in [-0.15, -0.1) is 0 Å². The zero-order chi connectivity index (χ0) is 13.8. The third-order valence-electron chi connectivity index (χ3n) is 3.46. The van der Waals surface area contributed by atoms with Gasteiger partial charge in [0, 0.05) is 19.6 Å². The maximum absolute atomic E-state index is 5.86. The van der Waals surface area contributed by atoms with Crippen molar-refractivity contribution in [2.45, 2.75) is 5.92 Å². The molecule has 0 aliphatic carbocycles. The summed E-state index contributed by atoms with van der Waals surface area (Å²) in [6, 6.07) is 9.99. The molecule has 0 saturated carbocycles. The van der Waals surface area contributed by atoms with Crippen molar-refractivity contribution in [1.29, 1.82) is 0 Å². The molecule has 1 saturated heterocycles. The Balaban J connectivity index is 1.81. The molecule has 0 amide bonds. The third kappa shape index (κ3) is 2.66. The number of nitrogens with zero attached hydrogens (tertiary/aromatic N) is 3. The Hall–Kier alpha value is -1.92. The maximum Gasteiger partial charge on any atom is 0.266 e. The fourth-order valence-electron chi connectivity index (χ4n) is 2.33. The van der Waals surface area contributed by atoms with Gasteiger partial charge < -0.3 is 19.9 Å². The summed E-state index contributed by atoms with van der Waals surface area (Å²) in [5, 5.41) is 4.06. The van der Waals surface area contributed by atoms with Crippen molar-refractivity contribution in [3.05, 3.63) is 41.8 Å². The number of aromatic nitrogens is 2. The number of rotatable bonds is 4. The first-order valence-corrected chi connectivity index (χ1v) is 6.80. The van der Waals surface area contributed by atoms with Crippen LogP contribution < -0.4 is 10.6 Å². The van der Waals surface area contributed by atoms with E-state index in [1.807, 2.05) is 30.3 Å². The number of morpholine rings is 1. The number of anilines is 1. The Labute approximate surface area is 117 Å². The van der Waals surface area contributed by atoms with E-state index in [-0.39, 0.29) is 5.92 Å². The fraction of sp³-hybridized carbons (Fsp3) is 0.429. The van der Waals surface area contributed by atoms with Crippen molar-refractivity contribution < 1.29 is 9.26 Å². The third-order valence-corrected chi connectivity index (χ3v) is 3.46. The summed E-state index contributed by atoms with van der Waals surface area (Å²) in [7, 11) is 0. The van der Waals surface area contributed by atoms with E-state index in [1.54, 1.807) is 0 Å². The molecule has 1 aliphatic rings. The molecule has 3 rings (SSSR count). The second-order valence-corrected chi connectivity index (χ2v) is 4.73. The van der Waals surface area contributed by atoms with E-state index in [9.17, 15) is 0 Å². The molecule has 20 heavy (non-hydrogen) atoms. The highest BCUT2D eigenvalue weighted by Crippen LogP contribution is 2.24. The van der Waals surface area contributed by atoms with Gasteiger partial charge in [0.1, 0.15) is 0 Å². The molecule has 1 fully saturated rings. The Bertz CT molecular complexity index is 537. The molecule has 1 aromatic carbocycles. The summed E-state index contributed by atoms with van der Waals surface area (Å²) >= 11 is 0. The number of hydrogen-bond acceptors (Lipinski definition) is 6. The van der Waals surface area contributed by atoms with Crippen molar-refractivity contribution in [3.8, 4) is 0 Å². The van der Waals surface area contributed by atoms with Crippen LogP contribution in [0.2, 0.25) is 0 Å². The lowest BCUT2D eigenvalue weighted by Gasteiger charge is -2.24. The maximum atomic E-state index is 5.86. The fourth-order valence-corrected chi connectivity index (χ4v) is 2.33. The van der Waals surface area contributed by atoms with E-state index in [4.69, 9.17) is 15.0 Å².